The number of hydrogen-bond donors (Lipinski definition) is 0. The molecule has 0 fully saturated rings. The molecule has 0 N–H and O–H groups in total. The van der Waals surface area contributed by atoms with Gasteiger partial charge in [0.1, 0.15) is 0 Å². The van der Waals surface area contributed by atoms with E-state index in [-0.39, 0.29) is 0 Å². The number of halogens is 3. The minimum Gasteiger partial charge on any atom is -0.407 e. The molecule has 0 radical (unpaired) electrons. The predicted octanol–water partition coefficient (Wildman–Crippen LogP) is 1.48. The van der Waals surface area contributed by atoms with Crippen molar-refractivity contribution < 1.29 is 19.0 Å². The Morgan fingerprint density at radius 2 is 1.67 bits per heavy atom. The first-order valence-corrected chi connectivity index (χ1v) is 3.88. The zero-order valence-corrected chi connectivity index (χ0v) is 8.61. The van der Waals surface area contributed by atoms with E-state index in [0.29, 0.717) is 0 Å². The second kappa shape index (κ2) is 5.09. The van der Waals surface area contributed by atoms with Gasteiger partial charge in [0.25, 0.3) is 3.79 Å². The van der Waals surface area contributed by atoms with E-state index in [1.165, 1.54) is 14.2 Å². The van der Waals surface area contributed by atoms with E-state index < -0.39 is 16.2 Å². The number of rotatable bonds is 3. The lowest BCUT2D eigenvalue weighted by molar-refractivity contribution is -0.254. The van der Waals surface area contributed by atoms with Crippen LogP contribution in [-0.2, 0) is 19.0 Å². The fourth-order valence-electron chi connectivity index (χ4n) is 0.347. The molecule has 0 spiro atoms. The highest BCUT2D eigenvalue weighted by molar-refractivity contribution is 6.75. The fourth-order valence-corrected chi connectivity index (χ4v) is 0.480. The number of methoxy groups -OCH3 is 2. The third-order valence-corrected chi connectivity index (χ3v) is 1.28. The summed E-state index contributed by atoms with van der Waals surface area (Å²) in [6, 6.07) is 0. The van der Waals surface area contributed by atoms with E-state index >= 15 is 0 Å². The van der Waals surface area contributed by atoms with Gasteiger partial charge in [-0.1, -0.05) is 34.8 Å². The summed E-state index contributed by atoms with van der Waals surface area (Å²) in [6.45, 7) is -1.16. The van der Waals surface area contributed by atoms with Gasteiger partial charge in [-0.05, 0) is 0 Å². The van der Waals surface area contributed by atoms with Crippen LogP contribution in [0.25, 0.3) is 0 Å². The van der Waals surface area contributed by atoms with Crippen LogP contribution in [0.2, 0.25) is 0 Å². The fraction of sp³-hybridized carbons (Fsp3) is 0.800. The molecule has 0 heterocycles. The highest BCUT2D eigenvalue weighted by atomic mass is 35.6. The Bertz CT molecular complexity index is 151. The van der Waals surface area contributed by atoms with Crippen LogP contribution in [0.1, 0.15) is 0 Å². The van der Waals surface area contributed by atoms with E-state index in [0.717, 1.165) is 0 Å². The van der Waals surface area contributed by atoms with Gasteiger partial charge in [-0.25, -0.2) is 4.79 Å². The van der Waals surface area contributed by atoms with Gasteiger partial charge in [0.2, 0.25) is 0 Å². The molecule has 4 nitrogen and oxygen atoms in total. The molecule has 0 unspecified atom stereocenters. The Labute approximate surface area is 84.6 Å². The van der Waals surface area contributed by atoms with Crippen LogP contribution in [0.15, 0.2) is 0 Å². The average Bonchev–Trinajstić information content (AvgIpc) is 1.97. The number of carbonyl (C=O) groups excluding carboxylic acids is 1. The summed E-state index contributed by atoms with van der Waals surface area (Å²) < 4.78 is 11.4. The standard InChI is InChI=1S/C5H7Cl3O4/c1-10-4(11-2)12-3(9)5(6,7)8/h4H,1-2H3. The molecule has 0 saturated carbocycles. The quantitative estimate of drug-likeness (QED) is 0.424. The molecule has 0 bridgehead atoms. The Hall–Kier alpha value is 0.260. The van der Waals surface area contributed by atoms with E-state index in [2.05, 4.69) is 14.2 Å². The maximum atomic E-state index is 10.8. The van der Waals surface area contributed by atoms with E-state index in [1.54, 1.807) is 0 Å². The zero-order chi connectivity index (χ0) is 9.78. The van der Waals surface area contributed by atoms with E-state index in [9.17, 15) is 4.79 Å². The van der Waals surface area contributed by atoms with Crippen LogP contribution in [0.5, 0.6) is 0 Å². The van der Waals surface area contributed by atoms with E-state index in [4.69, 9.17) is 34.8 Å². The lowest BCUT2D eigenvalue weighted by atomic mass is 10.8. The molecule has 0 aromatic rings. The van der Waals surface area contributed by atoms with Gasteiger partial charge in [0.05, 0.1) is 0 Å². The minimum absolute atomic E-state index is 1.05. The van der Waals surface area contributed by atoms with Gasteiger partial charge in [0.15, 0.2) is 0 Å². The summed E-state index contributed by atoms with van der Waals surface area (Å²) in [7, 11) is 2.56. The van der Waals surface area contributed by atoms with Crippen LogP contribution in [0, 0.1) is 0 Å². The molecular formula is C5H7Cl3O4. The second-order valence-corrected chi connectivity index (χ2v) is 3.94. The summed E-state index contributed by atoms with van der Waals surface area (Å²) in [6.07, 6.45) is 0. The maximum absolute atomic E-state index is 10.8. The molecule has 0 aliphatic rings. The van der Waals surface area contributed by atoms with Crippen molar-refractivity contribution in [2.45, 2.75) is 10.3 Å². The van der Waals surface area contributed by atoms with Crippen molar-refractivity contribution in [3.05, 3.63) is 0 Å². The second-order valence-electron chi connectivity index (χ2n) is 1.66. The summed E-state index contributed by atoms with van der Waals surface area (Å²) in [4.78, 5) is 10.8. The Morgan fingerprint density at radius 3 is 1.92 bits per heavy atom. The van der Waals surface area contributed by atoms with Crippen molar-refractivity contribution >= 4 is 40.8 Å². The smallest absolute Gasteiger partial charge is 0.362 e. The van der Waals surface area contributed by atoms with Gasteiger partial charge in [-0.2, -0.15) is 0 Å². The normalized spacial score (nSPS) is 11.8. The van der Waals surface area contributed by atoms with Gasteiger partial charge in [-0.15, -0.1) is 0 Å². The van der Waals surface area contributed by atoms with Crippen LogP contribution in [0.4, 0.5) is 0 Å². The van der Waals surface area contributed by atoms with E-state index in [1.807, 2.05) is 0 Å². The maximum Gasteiger partial charge on any atom is 0.362 e. The Kier molecular flexibility index (Phi) is 5.20. The number of carbonyl (C=O) groups is 1. The SMILES string of the molecule is COC(OC)OC(=O)C(Cl)(Cl)Cl. The molecular weight excluding hydrogens is 230 g/mol. The number of ether oxygens (including phenoxy) is 3. The van der Waals surface area contributed by atoms with Crippen molar-refractivity contribution in [1.29, 1.82) is 0 Å². The summed E-state index contributed by atoms with van der Waals surface area (Å²) in [5.74, 6) is -1.05. The molecule has 0 aliphatic heterocycles. The average molecular weight is 237 g/mol. The minimum atomic E-state index is -2.12. The molecule has 0 atom stereocenters. The molecule has 0 aromatic carbocycles. The van der Waals surface area contributed by atoms with Crippen molar-refractivity contribution in [3.8, 4) is 0 Å². The van der Waals surface area contributed by atoms with Crippen molar-refractivity contribution in [1.82, 2.24) is 0 Å². The highest BCUT2D eigenvalue weighted by Crippen LogP contribution is 2.27. The lowest BCUT2D eigenvalue weighted by Crippen LogP contribution is -2.29. The van der Waals surface area contributed by atoms with Crippen LogP contribution in [-0.4, -0.2) is 30.5 Å². The Balaban J connectivity index is 3.99. The largest absolute Gasteiger partial charge is 0.407 e. The predicted molar refractivity (Wildman–Crippen MR) is 44.2 cm³/mol. The zero-order valence-electron chi connectivity index (χ0n) is 6.34. The third kappa shape index (κ3) is 4.33. The van der Waals surface area contributed by atoms with Crippen molar-refractivity contribution in [2.75, 3.05) is 14.2 Å². The third-order valence-electron chi connectivity index (χ3n) is 0.820. The topological polar surface area (TPSA) is 44.8 Å². The van der Waals surface area contributed by atoms with Crippen LogP contribution < -0.4 is 0 Å². The summed E-state index contributed by atoms with van der Waals surface area (Å²) in [5, 5.41) is 0. The highest BCUT2D eigenvalue weighted by Gasteiger charge is 2.34. The molecule has 7 heteroatoms. The first-order chi connectivity index (χ1) is 5.41. The molecule has 0 amide bonds. The lowest BCUT2D eigenvalue weighted by Gasteiger charge is -2.16. The summed E-state index contributed by atoms with van der Waals surface area (Å²) >= 11 is 15.6. The monoisotopic (exact) mass is 236 g/mol. The molecule has 0 rings (SSSR count). The number of esters is 1. The number of alkyl halides is 3. The molecule has 12 heavy (non-hydrogen) atoms. The van der Waals surface area contributed by atoms with Crippen LogP contribution >= 0.6 is 34.8 Å². The van der Waals surface area contributed by atoms with Gasteiger partial charge in [-0.3, -0.25) is 0 Å². The molecule has 0 saturated heterocycles. The van der Waals surface area contributed by atoms with Crippen molar-refractivity contribution in [2.24, 2.45) is 0 Å². The first kappa shape index (κ1) is 12.3. The Morgan fingerprint density at radius 1 is 1.25 bits per heavy atom. The number of hydrogen-bond acceptors (Lipinski definition) is 4. The first-order valence-electron chi connectivity index (χ1n) is 2.75. The van der Waals surface area contributed by atoms with Gasteiger partial charge < -0.3 is 14.2 Å². The van der Waals surface area contributed by atoms with Crippen molar-refractivity contribution in [3.63, 3.8) is 0 Å². The molecule has 72 valence electrons. The van der Waals surface area contributed by atoms with Gasteiger partial charge >= 0.3 is 12.4 Å². The van der Waals surface area contributed by atoms with Gasteiger partial charge in [0, 0.05) is 14.2 Å². The molecule has 0 aromatic heterocycles. The molecule has 0 aliphatic carbocycles. The van der Waals surface area contributed by atoms with Crippen LogP contribution in [0.3, 0.4) is 0 Å². The summed E-state index contributed by atoms with van der Waals surface area (Å²) in [5.41, 5.74) is 0.